The van der Waals surface area contributed by atoms with E-state index < -0.39 is 6.09 Å². The van der Waals surface area contributed by atoms with Crippen LogP contribution in [0.15, 0.2) is 12.1 Å². The van der Waals surface area contributed by atoms with Gasteiger partial charge in [-0.15, -0.1) is 11.6 Å². The maximum absolute atomic E-state index is 11.6. The summed E-state index contributed by atoms with van der Waals surface area (Å²) in [5.41, 5.74) is 1.23. The van der Waals surface area contributed by atoms with E-state index in [4.69, 9.17) is 37.4 Å². The van der Waals surface area contributed by atoms with Crippen molar-refractivity contribution in [2.45, 2.75) is 26.6 Å². The van der Waals surface area contributed by atoms with Crippen molar-refractivity contribution in [1.29, 1.82) is 0 Å². The molecule has 21 heavy (non-hydrogen) atoms. The lowest BCUT2D eigenvalue weighted by atomic mass is 10.2. The van der Waals surface area contributed by atoms with Crippen LogP contribution in [0.4, 0.5) is 10.5 Å². The largest absolute Gasteiger partial charge is 0.490 e. The Bertz CT molecular complexity index is 480. The number of amides is 1. The van der Waals surface area contributed by atoms with Gasteiger partial charge in [0.2, 0.25) is 0 Å². The zero-order valence-corrected chi connectivity index (χ0v) is 13.8. The predicted octanol–water partition coefficient (Wildman–Crippen LogP) is 4.06. The smallest absolute Gasteiger partial charge is 0.411 e. The van der Waals surface area contributed by atoms with Crippen LogP contribution in [0.3, 0.4) is 0 Å². The Kier molecular flexibility index (Phi) is 7.64. The number of benzene rings is 1. The molecule has 0 aliphatic carbocycles. The highest BCUT2D eigenvalue weighted by Gasteiger charge is 2.13. The van der Waals surface area contributed by atoms with E-state index in [-0.39, 0.29) is 6.10 Å². The number of alkyl halides is 1. The van der Waals surface area contributed by atoms with Gasteiger partial charge < -0.3 is 14.2 Å². The van der Waals surface area contributed by atoms with Crippen LogP contribution in [-0.4, -0.2) is 31.8 Å². The van der Waals surface area contributed by atoms with Crippen molar-refractivity contribution in [3.05, 3.63) is 22.7 Å². The van der Waals surface area contributed by atoms with Crippen molar-refractivity contribution >= 4 is 35.0 Å². The summed E-state index contributed by atoms with van der Waals surface area (Å²) in [4.78, 5) is 11.6. The zero-order chi connectivity index (χ0) is 15.8. The summed E-state index contributed by atoms with van der Waals surface area (Å²) in [6.45, 7) is 4.17. The molecule has 0 aromatic heterocycles. The lowest BCUT2D eigenvalue weighted by molar-refractivity contribution is 0.130. The highest BCUT2D eigenvalue weighted by molar-refractivity contribution is 6.32. The molecule has 5 nitrogen and oxygen atoms in total. The average Bonchev–Trinajstić information content (AvgIpc) is 2.37. The fourth-order valence-corrected chi connectivity index (χ4v) is 2.02. The van der Waals surface area contributed by atoms with Crippen LogP contribution in [0.25, 0.3) is 0 Å². The van der Waals surface area contributed by atoms with Gasteiger partial charge in [0.1, 0.15) is 12.4 Å². The number of rotatable bonds is 7. The summed E-state index contributed by atoms with van der Waals surface area (Å²) in [7, 11) is 1.56. The number of nitrogens with one attached hydrogen (secondary N) is 1. The lowest BCUT2D eigenvalue weighted by Crippen LogP contribution is -2.18. The van der Waals surface area contributed by atoms with Crippen molar-refractivity contribution in [3.63, 3.8) is 0 Å². The Morgan fingerprint density at radius 2 is 2.10 bits per heavy atom. The number of hydrogen-bond acceptors (Lipinski definition) is 4. The molecule has 1 N–H and O–H groups in total. The van der Waals surface area contributed by atoms with Gasteiger partial charge in [0, 0.05) is 18.4 Å². The Labute approximate surface area is 134 Å². The highest BCUT2D eigenvalue weighted by Crippen LogP contribution is 2.33. The van der Waals surface area contributed by atoms with E-state index in [9.17, 15) is 4.79 Å². The number of carbonyl (C=O) groups is 1. The molecule has 0 unspecified atom stereocenters. The molecule has 0 heterocycles. The first-order valence-corrected chi connectivity index (χ1v) is 7.37. The Balaban J connectivity index is 2.94. The zero-order valence-electron chi connectivity index (χ0n) is 12.2. The van der Waals surface area contributed by atoms with E-state index in [1.165, 1.54) is 0 Å². The van der Waals surface area contributed by atoms with E-state index in [0.29, 0.717) is 35.6 Å². The van der Waals surface area contributed by atoms with Gasteiger partial charge in [-0.05, 0) is 26.0 Å². The number of anilines is 1. The molecular weight excluding hydrogens is 317 g/mol. The number of methoxy groups -OCH3 is 1. The molecule has 0 spiro atoms. The van der Waals surface area contributed by atoms with Crippen molar-refractivity contribution < 1.29 is 19.0 Å². The maximum atomic E-state index is 11.6. The van der Waals surface area contributed by atoms with Gasteiger partial charge in [0.25, 0.3) is 0 Å². The molecule has 1 amide bonds. The second kappa shape index (κ2) is 8.97. The molecule has 1 aromatic carbocycles. The highest BCUT2D eigenvalue weighted by atomic mass is 35.5. The summed E-state index contributed by atoms with van der Waals surface area (Å²) in [6.07, 6.45) is -0.746. The third kappa shape index (κ3) is 5.99. The van der Waals surface area contributed by atoms with Crippen LogP contribution in [-0.2, 0) is 16.1 Å². The molecule has 7 heteroatoms. The Morgan fingerprint density at radius 3 is 2.67 bits per heavy atom. The molecule has 0 aliphatic heterocycles. The van der Waals surface area contributed by atoms with Crippen molar-refractivity contribution in [1.82, 2.24) is 0 Å². The first kappa shape index (κ1) is 17.9. The summed E-state index contributed by atoms with van der Waals surface area (Å²) >= 11 is 11.8. The molecular formula is C14H19Cl2NO4. The first-order valence-electron chi connectivity index (χ1n) is 6.45. The third-order valence-electron chi connectivity index (χ3n) is 2.33. The van der Waals surface area contributed by atoms with Gasteiger partial charge in [0.15, 0.2) is 0 Å². The Morgan fingerprint density at radius 1 is 1.38 bits per heavy atom. The van der Waals surface area contributed by atoms with Crippen LogP contribution in [0.2, 0.25) is 5.02 Å². The van der Waals surface area contributed by atoms with E-state index in [2.05, 4.69) is 5.32 Å². The second-order valence-corrected chi connectivity index (χ2v) is 5.28. The summed E-state index contributed by atoms with van der Waals surface area (Å²) in [5, 5.41) is 2.98. The maximum Gasteiger partial charge on any atom is 0.411 e. The standard InChI is InChI=1S/C14H19Cl2NO4/c1-9(2)21-14(18)17-11-6-10(8-19-3)13(12(16)7-11)20-5-4-15/h6-7,9H,4-5,8H2,1-3H3,(H,17,18). The average molecular weight is 336 g/mol. The molecule has 0 saturated heterocycles. The quantitative estimate of drug-likeness (QED) is 0.763. The van der Waals surface area contributed by atoms with E-state index in [0.717, 1.165) is 5.56 Å². The molecule has 0 atom stereocenters. The minimum absolute atomic E-state index is 0.203. The van der Waals surface area contributed by atoms with Crippen LogP contribution < -0.4 is 10.1 Å². The molecule has 1 rings (SSSR count). The fourth-order valence-electron chi connectivity index (χ4n) is 1.65. The van der Waals surface area contributed by atoms with E-state index in [1.54, 1.807) is 33.1 Å². The monoisotopic (exact) mass is 335 g/mol. The van der Waals surface area contributed by atoms with Crippen LogP contribution in [0, 0.1) is 0 Å². The Hall–Kier alpha value is -1.17. The minimum Gasteiger partial charge on any atom is -0.490 e. The topological polar surface area (TPSA) is 56.8 Å². The van der Waals surface area contributed by atoms with Crippen LogP contribution in [0.5, 0.6) is 5.75 Å². The van der Waals surface area contributed by atoms with Gasteiger partial charge in [-0.2, -0.15) is 0 Å². The van der Waals surface area contributed by atoms with E-state index in [1.807, 2.05) is 0 Å². The van der Waals surface area contributed by atoms with Crippen molar-refractivity contribution in [2.75, 3.05) is 24.9 Å². The SMILES string of the molecule is COCc1cc(NC(=O)OC(C)C)cc(Cl)c1OCCCl. The molecule has 1 aromatic rings. The number of hydrogen-bond donors (Lipinski definition) is 1. The minimum atomic E-state index is -0.543. The molecule has 118 valence electrons. The van der Waals surface area contributed by atoms with Crippen LogP contribution >= 0.6 is 23.2 Å². The van der Waals surface area contributed by atoms with Crippen LogP contribution in [0.1, 0.15) is 19.4 Å². The predicted molar refractivity (Wildman–Crippen MR) is 83.6 cm³/mol. The summed E-state index contributed by atoms with van der Waals surface area (Å²) in [6, 6.07) is 3.31. The van der Waals surface area contributed by atoms with Gasteiger partial charge in [-0.3, -0.25) is 5.32 Å². The van der Waals surface area contributed by atoms with Crippen molar-refractivity contribution in [2.24, 2.45) is 0 Å². The van der Waals surface area contributed by atoms with E-state index >= 15 is 0 Å². The molecule has 0 aliphatic rings. The number of carbonyl (C=O) groups excluding carboxylic acids is 1. The van der Waals surface area contributed by atoms with Gasteiger partial charge >= 0.3 is 6.09 Å². The van der Waals surface area contributed by atoms with Gasteiger partial charge in [-0.25, -0.2) is 4.79 Å². The molecule has 0 bridgehead atoms. The van der Waals surface area contributed by atoms with Gasteiger partial charge in [0.05, 0.1) is 23.6 Å². The molecule has 0 saturated carbocycles. The molecule has 0 fully saturated rings. The summed E-state index contributed by atoms with van der Waals surface area (Å²) < 4.78 is 15.6. The first-order chi connectivity index (χ1) is 9.97. The van der Waals surface area contributed by atoms with Crippen molar-refractivity contribution in [3.8, 4) is 5.75 Å². The normalized spacial score (nSPS) is 10.6. The summed E-state index contributed by atoms with van der Waals surface area (Å²) in [5.74, 6) is 0.852. The van der Waals surface area contributed by atoms with Gasteiger partial charge in [-0.1, -0.05) is 11.6 Å². The fraction of sp³-hybridized carbons (Fsp3) is 0.500. The third-order valence-corrected chi connectivity index (χ3v) is 2.77. The number of ether oxygens (including phenoxy) is 3. The lowest BCUT2D eigenvalue weighted by Gasteiger charge is -2.15. The second-order valence-electron chi connectivity index (χ2n) is 4.50. The molecule has 0 radical (unpaired) electrons. The number of halogens is 2.